The summed E-state index contributed by atoms with van der Waals surface area (Å²) in [7, 11) is 0. The molecule has 0 aromatic heterocycles. The zero-order chi connectivity index (χ0) is 32.0. The second kappa shape index (κ2) is 14.0. The predicted molar refractivity (Wildman–Crippen MR) is 163 cm³/mol. The summed E-state index contributed by atoms with van der Waals surface area (Å²) in [5.74, 6) is -0.888. The minimum absolute atomic E-state index is 0.0475. The van der Waals surface area contributed by atoms with Gasteiger partial charge < -0.3 is 25.8 Å². The lowest BCUT2D eigenvalue weighted by Gasteiger charge is -2.26. The Morgan fingerprint density at radius 1 is 0.800 bits per heavy atom. The molecule has 4 amide bonds. The van der Waals surface area contributed by atoms with Gasteiger partial charge in [0.15, 0.2) is 0 Å². The lowest BCUT2D eigenvalue weighted by atomic mass is 10.1. The van der Waals surface area contributed by atoms with E-state index in [9.17, 15) is 31.9 Å². The van der Waals surface area contributed by atoms with Gasteiger partial charge in [0.1, 0.15) is 5.82 Å². The van der Waals surface area contributed by atoms with E-state index >= 15 is 0 Å². The van der Waals surface area contributed by atoms with Crippen LogP contribution in [0.15, 0.2) is 66.7 Å². The lowest BCUT2D eigenvalue weighted by Crippen LogP contribution is -2.38. The average molecular weight is 626 g/mol. The molecule has 3 aromatic carbocycles. The maximum atomic E-state index is 13.5. The highest BCUT2D eigenvalue weighted by Crippen LogP contribution is 2.31. The maximum Gasteiger partial charge on any atom is 0.416 e. The van der Waals surface area contributed by atoms with E-state index in [1.165, 1.54) is 29.2 Å². The summed E-state index contributed by atoms with van der Waals surface area (Å²) in [5, 5.41) is 8.39. The van der Waals surface area contributed by atoms with Crippen LogP contribution in [0.1, 0.15) is 53.6 Å². The summed E-state index contributed by atoms with van der Waals surface area (Å²) in [6, 6.07) is 14.9. The number of urea groups is 1. The molecule has 1 saturated heterocycles. The van der Waals surface area contributed by atoms with Crippen LogP contribution in [0.4, 0.5) is 39.4 Å². The fourth-order valence-electron chi connectivity index (χ4n) is 5.72. The fourth-order valence-corrected chi connectivity index (χ4v) is 5.72. The van der Waals surface area contributed by atoms with Crippen LogP contribution in [0.3, 0.4) is 0 Å². The number of hydrogen-bond donors (Lipinski definition) is 3. The Labute approximate surface area is 258 Å². The average Bonchev–Trinajstić information content (AvgIpc) is 3.45. The van der Waals surface area contributed by atoms with Crippen molar-refractivity contribution in [2.24, 2.45) is 5.92 Å². The highest BCUT2D eigenvalue weighted by molar-refractivity contribution is 6.02. The molecule has 238 valence electrons. The maximum absolute atomic E-state index is 13.5. The lowest BCUT2D eigenvalue weighted by molar-refractivity contribution is -0.137. The molecule has 5 rings (SSSR count). The van der Waals surface area contributed by atoms with Crippen LogP contribution >= 0.6 is 0 Å². The molecule has 45 heavy (non-hydrogen) atoms. The first kappa shape index (κ1) is 31.8. The molecule has 3 aromatic rings. The fraction of sp³-hybridized carbons (Fsp3) is 0.364. The minimum atomic E-state index is -4.53. The van der Waals surface area contributed by atoms with Gasteiger partial charge >= 0.3 is 12.2 Å². The predicted octanol–water partition coefficient (Wildman–Crippen LogP) is 6.65. The van der Waals surface area contributed by atoms with Crippen molar-refractivity contribution in [1.29, 1.82) is 0 Å². The third kappa shape index (κ3) is 8.31. The van der Waals surface area contributed by atoms with E-state index < -0.39 is 17.8 Å². The first-order valence-corrected chi connectivity index (χ1v) is 15.0. The number of amides is 4. The van der Waals surface area contributed by atoms with Crippen LogP contribution in [-0.2, 0) is 17.5 Å². The van der Waals surface area contributed by atoms with E-state index in [0.717, 1.165) is 37.8 Å². The Hall–Kier alpha value is -4.61. The molecule has 1 aliphatic heterocycles. The van der Waals surface area contributed by atoms with Gasteiger partial charge in [-0.05, 0) is 73.4 Å². The van der Waals surface area contributed by atoms with E-state index in [2.05, 4.69) is 16.0 Å². The number of hydrogen-bond acceptors (Lipinski definition) is 4. The highest BCUT2D eigenvalue weighted by Gasteiger charge is 2.31. The molecule has 0 radical (unpaired) electrons. The molecule has 2 fully saturated rings. The van der Waals surface area contributed by atoms with E-state index in [1.54, 1.807) is 30.3 Å². The Morgan fingerprint density at radius 3 is 2.27 bits per heavy atom. The van der Waals surface area contributed by atoms with Gasteiger partial charge in [-0.2, -0.15) is 13.2 Å². The zero-order valence-corrected chi connectivity index (χ0v) is 24.6. The number of nitrogens with zero attached hydrogens (tertiary/aromatic N) is 2. The Bertz CT molecular complexity index is 1520. The Kier molecular flexibility index (Phi) is 9.90. The first-order chi connectivity index (χ1) is 21.6. The highest BCUT2D eigenvalue weighted by atomic mass is 19.4. The Morgan fingerprint density at radius 2 is 1.53 bits per heavy atom. The van der Waals surface area contributed by atoms with E-state index in [4.69, 9.17) is 0 Å². The minimum Gasteiger partial charge on any atom is -0.369 e. The topological polar surface area (TPSA) is 93.8 Å². The van der Waals surface area contributed by atoms with Gasteiger partial charge in [0.05, 0.1) is 11.1 Å². The van der Waals surface area contributed by atoms with Crippen molar-refractivity contribution in [3.63, 3.8) is 0 Å². The number of anilines is 3. The summed E-state index contributed by atoms with van der Waals surface area (Å²) in [4.78, 5) is 42.8. The largest absolute Gasteiger partial charge is 0.416 e. The van der Waals surface area contributed by atoms with Gasteiger partial charge in [-0.25, -0.2) is 9.18 Å². The van der Waals surface area contributed by atoms with Gasteiger partial charge in [0, 0.05) is 55.7 Å². The van der Waals surface area contributed by atoms with E-state index in [-0.39, 0.29) is 42.3 Å². The van der Waals surface area contributed by atoms with Crippen LogP contribution in [0.25, 0.3) is 0 Å². The quantitative estimate of drug-likeness (QED) is 0.257. The van der Waals surface area contributed by atoms with Crippen molar-refractivity contribution in [1.82, 2.24) is 10.2 Å². The molecule has 2 aliphatic rings. The van der Waals surface area contributed by atoms with Crippen molar-refractivity contribution < 1.29 is 31.9 Å². The molecule has 8 nitrogen and oxygen atoms in total. The molecule has 3 N–H and O–H groups in total. The second-order valence-corrected chi connectivity index (χ2v) is 11.3. The van der Waals surface area contributed by atoms with Crippen molar-refractivity contribution in [2.45, 2.75) is 44.8 Å². The zero-order valence-electron chi connectivity index (χ0n) is 24.6. The van der Waals surface area contributed by atoms with Crippen molar-refractivity contribution in [3.8, 4) is 0 Å². The van der Waals surface area contributed by atoms with Gasteiger partial charge in [-0.15, -0.1) is 0 Å². The first-order valence-electron chi connectivity index (χ1n) is 15.0. The van der Waals surface area contributed by atoms with Gasteiger partial charge in [0.25, 0.3) is 5.91 Å². The number of halogens is 4. The number of rotatable bonds is 7. The molecule has 12 heteroatoms. The Balaban J connectivity index is 1.30. The van der Waals surface area contributed by atoms with Crippen LogP contribution in [0, 0.1) is 11.7 Å². The van der Waals surface area contributed by atoms with Gasteiger partial charge in [0.2, 0.25) is 5.91 Å². The normalized spacial score (nSPS) is 15.8. The van der Waals surface area contributed by atoms with E-state index in [1.807, 2.05) is 4.90 Å². The summed E-state index contributed by atoms with van der Waals surface area (Å²) in [6.07, 6.45) is -0.286. The number of benzene rings is 3. The smallest absolute Gasteiger partial charge is 0.369 e. The summed E-state index contributed by atoms with van der Waals surface area (Å²) < 4.78 is 52.7. The SMILES string of the molecule is O=C(NCc1ccc(F)cc1)c1cc(NC(=O)C2CCCC2)ccc1N1CCCN(C(=O)Nc2cccc(C(F)(F)F)c2)CC1. The standard InChI is InChI=1S/C33H35F4N5O3/c34-25-11-9-22(10-12-25)21-38-31(44)28-20-27(39-30(43)23-5-1-2-6-23)13-14-29(28)41-15-4-16-42(18-17-41)32(45)40-26-8-3-7-24(19-26)33(35,36)37/h3,7-14,19-20,23H,1-2,4-6,15-18,21H2,(H,38,44)(H,39,43)(H,40,45). The van der Waals surface area contributed by atoms with Gasteiger partial charge in [-0.1, -0.05) is 31.0 Å². The number of carbonyl (C=O) groups is 3. The number of alkyl halides is 3. The second-order valence-electron chi connectivity index (χ2n) is 11.3. The molecule has 0 spiro atoms. The molecular weight excluding hydrogens is 590 g/mol. The third-order valence-electron chi connectivity index (χ3n) is 8.17. The molecule has 0 atom stereocenters. The van der Waals surface area contributed by atoms with E-state index in [0.29, 0.717) is 48.6 Å². The van der Waals surface area contributed by atoms with Crippen LogP contribution in [-0.4, -0.2) is 48.9 Å². The molecular formula is C33H35F4N5O3. The third-order valence-corrected chi connectivity index (χ3v) is 8.17. The van der Waals surface area contributed by atoms with Crippen LogP contribution < -0.4 is 20.9 Å². The van der Waals surface area contributed by atoms with Crippen molar-refractivity contribution >= 4 is 34.9 Å². The molecule has 1 heterocycles. The summed E-state index contributed by atoms with van der Waals surface area (Å²) >= 11 is 0. The van der Waals surface area contributed by atoms with Crippen LogP contribution in [0.5, 0.6) is 0 Å². The summed E-state index contributed by atoms with van der Waals surface area (Å²) in [6.45, 7) is 1.67. The summed E-state index contributed by atoms with van der Waals surface area (Å²) in [5.41, 5.74) is 1.37. The van der Waals surface area contributed by atoms with Crippen LogP contribution in [0.2, 0.25) is 0 Å². The molecule has 0 bridgehead atoms. The van der Waals surface area contributed by atoms with Gasteiger partial charge in [-0.3, -0.25) is 9.59 Å². The molecule has 1 aliphatic carbocycles. The number of nitrogens with one attached hydrogen (secondary N) is 3. The number of carbonyl (C=O) groups excluding carboxylic acids is 3. The van der Waals surface area contributed by atoms with Crippen molar-refractivity contribution in [3.05, 3.63) is 89.2 Å². The van der Waals surface area contributed by atoms with Crippen molar-refractivity contribution in [2.75, 3.05) is 41.7 Å². The monoisotopic (exact) mass is 625 g/mol. The molecule has 1 saturated carbocycles. The molecule has 0 unspecified atom stereocenters.